The highest BCUT2D eigenvalue weighted by atomic mass is 35.5. The highest BCUT2D eigenvalue weighted by Crippen LogP contribution is 2.41. The van der Waals surface area contributed by atoms with Crippen LogP contribution in [0, 0.1) is 0 Å². The molecule has 9 heteroatoms. The Balaban J connectivity index is 1.88. The summed E-state index contributed by atoms with van der Waals surface area (Å²) in [6.45, 7) is -0.246. The average Bonchev–Trinajstić information content (AvgIpc) is 3.47. The maximum absolute atomic E-state index is 12.4. The van der Waals surface area contributed by atoms with E-state index in [2.05, 4.69) is 0 Å². The summed E-state index contributed by atoms with van der Waals surface area (Å²) >= 11 is 12.8. The van der Waals surface area contributed by atoms with Crippen molar-refractivity contribution < 1.29 is 23.8 Å². The lowest BCUT2D eigenvalue weighted by Gasteiger charge is -2.12. The van der Waals surface area contributed by atoms with E-state index in [9.17, 15) is 14.7 Å². The fourth-order valence-corrected chi connectivity index (χ4v) is 4.66. The van der Waals surface area contributed by atoms with Crippen LogP contribution in [0.5, 0.6) is 5.75 Å². The van der Waals surface area contributed by atoms with Crippen molar-refractivity contribution in [2.24, 2.45) is 5.73 Å². The number of aromatic nitrogens is 1. The van der Waals surface area contributed by atoms with E-state index in [1.807, 2.05) is 28.8 Å². The van der Waals surface area contributed by atoms with Gasteiger partial charge in [0.2, 0.25) is 5.91 Å². The molecule has 0 unspecified atom stereocenters. The van der Waals surface area contributed by atoms with Crippen molar-refractivity contribution in [3.63, 3.8) is 0 Å². The molecule has 176 valence electrons. The third kappa shape index (κ3) is 4.09. The van der Waals surface area contributed by atoms with Crippen LogP contribution in [-0.2, 0) is 11.3 Å². The number of ether oxygens (including phenoxy) is 1. The summed E-state index contributed by atoms with van der Waals surface area (Å²) in [7, 11) is 0. The Kier molecular flexibility index (Phi) is 5.88. The molecule has 2 aromatic heterocycles. The zero-order valence-electron chi connectivity index (χ0n) is 18.1. The number of halogens is 2. The van der Waals surface area contributed by atoms with Gasteiger partial charge in [-0.3, -0.25) is 4.79 Å². The number of carbonyl (C=O) groups is 2. The molecule has 0 spiro atoms. The van der Waals surface area contributed by atoms with Gasteiger partial charge >= 0.3 is 5.97 Å². The Bertz CT molecular complexity index is 1610. The van der Waals surface area contributed by atoms with Gasteiger partial charge in [0.1, 0.15) is 11.5 Å². The molecule has 3 aromatic carbocycles. The number of benzene rings is 3. The molecule has 3 N–H and O–H groups in total. The lowest BCUT2D eigenvalue weighted by atomic mass is 10.0. The van der Waals surface area contributed by atoms with E-state index in [1.54, 1.807) is 42.7 Å². The van der Waals surface area contributed by atoms with E-state index in [0.717, 1.165) is 5.56 Å². The molecule has 7 nitrogen and oxygen atoms in total. The van der Waals surface area contributed by atoms with Crippen molar-refractivity contribution in [3.05, 3.63) is 88.1 Å². The van der Waals surface area contributed by atoms with Gasteiger partial charge in [-0.05, 0) is 48.0 Å². The number of amides is 1. The number of carboxylic acids is 1. The highest BCUT2D eigenvalue weighted by Gasteiger charge is 2.22. The highest BCUT2D eigenvalue weighted by molar-refractivity contribution is 6.42. The molecular formula is C26H18Cl2N2O5. The number of furan rings is 1. The largest absolute Gasteiger partial charge is 0.481 e. The third-order valence-corrected chi connectivity index (χ3v) is 6.60. The normalized spacial score (nSPS) is 11.3. The molecule has 0 aliphatic heterocycles. The number of rotatable bonds is 7. The van der Waals surface area contributed by atoms with Gasteiger partial charge in [-0.1, -0.05) is 41.4 Å². The summed E-state index contributed by atoms with van der Waals surface area (Å²) < 4.78 is 13.3. The van der Waals surface area contributed by atoms with Crippen LogP contribution in [0.15, 0.2) is 71.3 Å². The molecule has 0 saturated carbocycles. The SMILES string of the molecule is NC(=O)c1cccc2c1c1c(OCC(=O)O)cc(-c3ccco3)cc1n2Cc1cccc(Cl)c1Cl. The maximum Gasteiger partial charge on any atom is 0.341 e. The molecule has 35 heavy (non-hydrogen) atoms. The van der Waals surface area contributed by atoms with Crippen LogP contribution in [0.25, 0.3) is 33.1 Å². The monoisotopic (exact) mass is 508 g/mol. The first kappa shape index (κ1) is 22.8. The predicted octanol–water partition coefficient (Wildman–Crippen LogP) is 5.97. The summed E-state index contributed by atoms with van der Waals surface area (Å²) in [5, 5.41) is 11.2. The molecule has 5 rings (SSSR count). The number of aliphatic carboxylic acids is 1. The maximum atomic E-state index is 12.4. The van der Waals surface area contributed by atoms with Crippen LogP contribution in [0.3, 0.4) is 0 Å². The van der Waals surface area contributed by atoms with Gasteiger partial charge in [-0.2, -0.15) is 0 Å². The summed E-state index contributed by atoms with van der Waals surface area (Å²) in [6, 6.07) is 17.7. The van der Waals surface area contributed by atoms with Gasteiger partial charge in [0.15, 0.2) is 6.61 Å². The summed E-state index contributed by atoms with van der Waals surface area (Å²) in [6.07, 6.45) is 1.55. The number of nitrogens with zero attached hydrogens (tertiary/aromatic N) is 1. The molecule has 0 aliphatic rings. The fourth-order valence-electron chi connectivity index (χ4n) is 4.28. The van der Waals surface area contributed by atoms with Crippen LogP contribution >= 0.6 is 23.2 Å². The molecule has 0 bridgehead atoms. The van der Waals surface area contributed by atoms with Crippen LogP contribution in [0.4, 0.5) is 0 Å². The van der Waals surface area contributed by atoms with Gasteiger partial charge in [-0.15, -0.1) is 0 Å². The summed E-state index contributed by atoms with van der Waals surface area (Å²) in [5.74, 6) is -0.897. The molecular weight excluding hydrogens is 491 g/mol. The van der Waals surface area contributed by atoms with Crippen LogP contribution in [0.2, 0.25) is 10.0 Å². The number of nitrogens with two attached hydrogens (primary N) is 1. The minimum absolute atomic E-state index is 0.283. The number of carboxylic acid groups (broad SMARTS) is 1. The van der Waals surface area contributed by atoms with Crippen LogP contribution in [-0.4, -0.2) is 28.2 Å². The Morgan fingerprint density at radius 2 is 1.80 bits per heavy atom. The summed E-state index contributed by atoms with van der Waals surface area (Å²) in [5.41, 5.74) is 8.82. The smallest absolute Gasteiger partial charge is 0.341 e. The zero-order valence-corrected chi connectivity index (χ0v) is 19.6. The number of carbonyl (C=O) groups excluding carboxylic acids is 1. The van der Waals surface area contributed by atoms with Crippen molar-refractivity contribution in [2.45, 2.75) is 6.54 Å². The minimum atomic E-state index is -1.13. The van der Waals surface area contributed by atoms with Crippen molar-refractivity contribution >= 4 is 56.9 Å². The second-order valence-corrected chi connectivity index (χ2v) is 8.68. The van der Waals surface area contributed by atoms with Gasteiger partial charge in [0, 0.05) is 23.1 Å². The van der Waals surface area contributed by atoms with E-state index >= 15 is 0 Å². The molecule has 0 atom stereocenters. The molecule has 0 saturated heterocycles. The van der Waals surface area contributed by atoms with Crippen LogP contribution in [0.1, 0.15) is 15.9 Å². The number of hydrogen-bond acceptors (Lipinski definition) is 4. The Morgan fingerprint density at radius 3 is 2.51 bits per heavy atom. The first-order valence-corrected chi connectivity index (χ1v) is 11.3. The average molecular weight is 509 g/mol. The first-order valence-electron chi connectivity index (χ1n) is 10.5. The molecule has 2 heterocycles. The second-order valence-electron chi connectivity index (χ2n) is 7.89. The van der Waals surface area contributed by atoms with E-state index in [0.29, 0.717) is 49.7 Å². The molecule has 1 amide bonds. The van der Waals surface area contributed by atoms with E-state index in [-0.39, 0.29) is 11.3 Å². The molecule has 0 aliphatic carbocycles. The lowest BCUT2D eigenvalue weighted by Crippen LogP contribution is -2.11. The van der Waals surface area contributed by atoms with E-state index in [4.69, 9.17) is 38.1 Å². The standard InChI is InChI=1S/C26H18Cl2N2O5/c27-17-6-1-4-14(25(17)28)12-30-18-7-2-5-16(26(29)33)23(18)24-19(30)10-15(20-8-3-9-34-20)11-21(24)35-13-22(31)32/h1-11H,12-13H2,(H2,29,33)(H,31,32). The summed E-state index contributed by atoms with van der Waals surface area (Å²) in [4.78, 5) is 23.7. The fraction of sp³-hybridized carbons (Fsp3) is 0.0769. The first-order chi connectivity index (χ1) is 16.8. The Hall–Kier alpha value is -3.94. The van der Waals surface area contributed by atoms with Gasteiger partial charge in [-0.25, -0.2) is 4.79 Å². The van der Waals surface area contributed by atoms with Crippen molar-refractivity contribution in [1.82, 2.24) is 4.57 Å². The molecule has 0 radical (unpaired) electrons. The second kappa shape index (κ2) is 9.02. The van der Waals surface area contributed by atoms with Gasteiger partial charge < -0.3 is 24.6 Å². The zero-order chi connectivity index (χ0) is 24.7. The number of fused-ring (bicyclic) bond motifs is 3. The third-order valence-electron chi connectivity index (χ3n) is 5.74. The van der Waals surface area contributed by atoms with Crippen LogP contribution < -0.4 is 10.5 Å². The van der Waals surface area contributed by atoms with Crippen molar-refractivity contribution in [1.29, 1.82) is 0 Å². The minimum Gasteiger partial charge on any atom is -0.481 e. The Labute approximate surface area is 209 Å². The van der Waals surface area contributed by atoms with Crippen molar-refractivity contribution in [3.8, 4) is 17.1 Å². The van der Waals surface area contributed by atoms with Gasteiger partial charge in [0.25, 0.3) is 0 Å². The number of hydrogen-bond donors (Lipinski definition) is 2. The number of primary amides is 1. The lowest BCUT2D eigenvalue weighted by molar-refractivity contribution is -0.139. The van der Waals surface area contributed by atoms with Crippen molar-refractivity contribution in [2.75, 3.05) is 6.61 Å². The van der Waals surface area contributed by atoms with Gasteiger partial charge in [0.05, 0.1) is 32.7 Å². The quantitative estimate of drug-likeness (QED) is 0.281. The topological polar surface area (TPSA) is 108 Å². The molecule has 5 aromatic rings. The van der Waals surface area contributed by atoms with E-state index in [1.165, 1.54) is 0 Å². The molecule has 0 fully saturated rings. The predicted molar refractivity (Wildman–Crippen MR) is 134 cm³/mol. The van der Waals surface area contributed by atoms with E-state index < -0.39 is 18.5 Å². The Morgan fingerprint density at radius 1 is 1.00 bits per heavy atom.